The Morgan fingerprint density at radius 2 is 2.11 bits per heavy atom. The molecule has 1 atom stereocenters. The molecule has 2 aromatic carbocycles. The summed E-state index contributed by atoms with van der Waals surface area (Å²) in [6.45, 7) is 0.582. The van der Waals surface area contributed by atoms with Crippen LogP contribution in [0.4, 0.5) is 4.39 Å². The molecule has 0 aromatic heterocycles. The van der Waals surface area contributed by atoms with Crippen LogP contribution in [-0.2, 0) is 6.42 Å². The molecule has 0 radical (unpaired) electrons. The quantitative estimate of drug-likeness (QED) is 0.911. The summed E-state index contributed by atoms with van der Waals surface area (Å²) in [6, 6.07) is 9.41. The van der Waals surface area contributed by atoms with E-state index in [2.05, 4.69) is 0 Å². The summed E-state index contributed by atoms with van der Waals surface area (Å²) < 4.78 is 18.8. The van der Waals surface area contributed by atoms with Crippen LogP contribution in [0.3, 0.4) is 0 Å². The van der Waals surface area contributed by atoms with Gasteiger partial charge in [-0.1, -0.05) is 23.7 Å². The lowest BCUT2D eigenvalue weighted by Gasteiger charge is -2.15. The minimum atomic E-state index is -0.943. The van der Waals surface area contributed by atoms with E-state index in [9.17, 15) is 9.50 Å². The second kappa shape index (κ2) is 4.83. The van der Waals surface area contributed by atoms with Crippen molar-refractivity contribution in [3.63, 3.8) is 0 Å². The number of benzene rings is 2. The number of ether oxygens (including phenoxy) is 1. The molecule has 2 aromatic rings. The normalized spacial score (nSPS) is 14.9. The Morgan fingerprint density at radius 1 is 1.26 bits per heavy atom. The summed E-state index contributed by atoms with van der Waals surface area (Å²) in [5.74, 6) is 0.289. The van der Waals surface area contributed by atoms with E-state index >= 15 is 0 Å². The number of halogens is 2. The van der Waals surface area contributed by atoms with Gasteiger partial charge in [-0.25, -0.2) is 4.39 Å². The van der Waals surface area contributed by atoms with Crippen LogP contribution in [-0.4, -0.2) is 11.7 Å². The maximum absolute atomic E-state index is 13.2. The van der Waals surface area contributed by atoms with Crippen LogP contribution in [0.5, 0.6) is 5.75 Å². The third-order valence-corrected chi connectivity index (χ3v) is 3.45. The molecule has 0 bridgehead atoms. The van der Waals surface area contributed by atoms with Crippen molar-refractivity contribution in [2.24, 2.45) is 0 Å². The zero-order chi connectivity index (χ0) is 13.4. The van der Waals surface area contributed by atoms with Gasteiger partial charge in [0, 0.05) is 17.0 Å². The molecule has 0 amide bonds. The van der Waals surface area contributed by atoms with E-state index in [1.165, 1.54) is 12.1 Å². The molecule has 0 fully saturated rings. The minimum absolute atomic E-state index is 0.379. The van der Waals surface area contributed by atoms with Gasteiger partial charge in [-0.15, -0.1) is 0 Å². The lowest BCUT2D eigenvalue weighted by atomic mass is 9.98. The van der Waals surface area contributed by atoms with E-state index < -0.39 is 6.10 Å². The lowest BCUT2D eigenvalue weighted by molar-refractivity contribution is 0.213. The van der Waals surface area contributed by atoms with Gasteiger partial charge in [-0.05, 0) is 35.4 Å². The van der Waals surface area contributed by atoms with Gasteiger partial charge < -0.3 is 9.84 Å². The fraction of sp³-hybridized carbons (Fsp3) is 0.200. The van der Waals surface area contributed by atoms with E-state index in [0.717, 1.165) is 12.0 Å². The minimum Gasteiger partial charge on any atom is -0.493 e. The van der Waals surface area contributed by atoms with Crippen LogP contribution in [0, 0.1) is 5.82 Å². The maximum atomic E-state index is 13.2. The van der Waals surface area contributed by atoms with Crippen molar-refractivity contribution in [3.8, 4) is 5.75 Å². The van der Waals surface area contributed by atoms with Crippen LogP contribution in [0.1, 0.15) is 22.8 Å². The first-order valence-corrected chi connectivity index (χ1v) is 6.41. The smallest absolute Gasteiger partial charge is 0.128 e. The van der Waals surface area contributed by atoms with Crippen molar-refractivity contribution in [2.75, 3.05) is 6.61 Å². The Hall–Kier alpha value is -1.58. The Labute approximate surface area is 115 Å². The second-order valence-electron chi connectivity index (χ2n) is 4.54. The van der Waals surface area contributed by atoms with Crippen LogP contribution < -0.4 is 4.74 Å². The number of rotatable bonds is 2. The molecule has 4 heteroatoms. The van der Waals surface area contributed by atoms with Crippen molar-refractivity contribution in [2.45, 2.75) is 12.5 Å². The SMILES string of the molecule is OC(c1cccc(F)c1)c1cc(Cl)cc2c1OCC2. The summed E-state index contributed by atoms with van der Waals surface area (Å²) in [5.41, 5.74) is 2.06. The first kappa shape index (κ1) is 12.5. The predicted molar refractivity (Wildman–Crippen MR) is 71.1 cm³/mol. The van der Waals surface area contributed by atoms with Crippen molar-refractivity contribution in [3.05, 3.63) is 63.9 Å². The fourth-order valence-electron chi connectivity index (χ4n) is 2.36. The van der Waals surface area contributed by atoms with Gasteiger partial charge in [0.05, 0.1) is 6.61 Å². The van der Waals surface area contributed by atoms with Crippen molar-refractivity contribution >= 4 is 11.6 Å². The lowest BCUT2D eigenvalue weighted by Crippen LogP contribution is -2.02. The molecule has 1 N–H and O–H groups in total. The topological polar surface area (TPSA) is 29.5 Å². The highest BCUT2D eigenvalue weighted by atomic mass is 35.5. The summed E-state index contributed by atoms with van der Waals surface area (Å²) in [4.78, 5) is 0. The molecule has 0 aliphatic carbocycles. The Balaban J connectivity index is 2.07. The Kier molecular flexibility index (Phi) is 3.17. The van der Waals surface area contributed by atoms with Crippen molar-refractivity contribution in [1.29, 1.82) is 0 Å². The van der Waals surface area contributed by atoms with Crippen LogP contribution in [0.15, 0.2) is 36.4 Å². The molecular formula is C15H12ClFO2. The highest BCUT2D eigenvalue weighted by molar-refractivity contribution is 6.30. The number of aliphatic hydroxyl groups is 1. The van der Waals surface area contributed by atoms with E-state index in [4.69, 9.17) is 16.3 Å². The Morgan fingerprint density at radius 3 is 2.89 bits per heavy atom. The van der Waals surface area contributed by atoms with Gasteiger partial charge in [0.25, 0.3) is 0 Å². The largest absolute Gasteiger partial charge is 0.493 e. The summed E-state index contributed by atoms with van der Waals surface area (Å²) in [6.07, 6.45) is -0.167. The zero-order valence-corrected chi connectivity index (χ0v) is 10.8. The average molecular weight is 279 g/mol. The third kappa shape index (κ3) is 2.31. The van der Waals surface area contributed by atoms with Gasteiger partial charge in [-0.3, -0.25) is 0 Å². The summed E-state index contributed by atoms with van der Waals surface area (Å²) in [7, 11) is 0. The van der Waals surface area contributed by atoms with E-state index in [-0.39, 0.29) is 5.82 Å². The number of aliphatic hydroxyl groups excluding tert-OH is 1. The average Bonchev–Trinajstić information content (AvgIpc) is 2.85. The molecule has 1 heterocycles. The monoisotopic (exact) mass is 278 g/mol. The van der Waals surface area contributed by atoms with Crippen LogP contribution in [0.2, 0.25) is 5.02 Å². The van der Waals surface area contributed by atoms with E-state index in [1.807, 2.05) is 6.07 Å². The number of hydrogen-bond donors (Lipinski definition) is 1. The molecule has 98 valence electrons. The van der Waals surface area contributed by atoms with Gasteiger partial charge in [0.15, 0.2) is 0 Å². The standard InChI is InChI=1S/C15H12ClFO2/c16-11-6-10-4-5-19-15(10)13(8-11)14(18)9-2-1-3-12(17)7-9/h1-3,6-8,14,18H,4-5H2. The molecule has 1 unspecified atom stereocenters. The Bertz CT molecular complexity index is 628. The molecule has 1 aliphatic rings. The molecule has 0 saturated carbocycles. The number of hydrogen-bond acceptors (Lipinski definition) is 2. The molecule has 2 nitrogen and oxygen atoms in total. The van der Waals surface area contributed by atoms with Crippen molar-refractivity contribution < 1.29 is 14.2 Å². The van der Waals surface area contributed by atoms with Gasteiger partial charge in [0.1, 0.15) is 17.7 Å². The molecule has 1 aliphatic heterocycles. The third-order valence-electron chi connectivity index (χ3n) is 3.24. The molecule has 3 rings (SSSR count). The van der Waals surface area contributed by atoms with E-state index in [1.54, 1.807) is 18.2 Å². The highest BCUT2D eigenvalue weighted by Crippen LogP contribution is 2.38. The zero-order valence-electron chi connectivity index (χ0n) is 10.1. The number of fused-ring (bicyclic) bond motifs is 1. The molecule has 19 heavy (non-hydrogen) atoms. The first-order valence-electron chi connectivity index (χ1n) is 6.04. The first-order chi connectivity index (χ1) is 9.15. The fourth-order valence-corrected chi connectivity index (χ4v) is 2.61. The predicted octanol–water partition coefficient (Wildman–Crippen LogP) is 3.50. The van der Waals surface area contributed by atoms with Crippen molar-refractivity contribution in [1.82, 2.24) is 0 Å². The summed E-state index contributed by atoms with van der Waals surface area (Å²) >= 11 is 6.05. The summed E-state index contributed by atoms with van der Waals surface area (Å²) in [5, 5.41) is 11.0. The van der Waals surface area contributed by atoms with E-state index in [0.29, 0.717) is 28.5 Å². The second-order valence-corrected chi connectivity index (χ2v) is 4.98. The molecule has 0 spiro atoms. The van der Waals surface area contributed by atoms with Crippen LogP contribution in [0.25, 0.3) is 0 Å². The van der Waals surface area contributed by atoms with Gasteiger partial charge in [0.2, 0.25) is 0 Å². The molecule has 0 saturated heterocycles. The van der Waals surface area contributed by atoms with Crippen LogP contribution >= 0.6 is 11.6 Å². The van der Waals surface area contributed by atoms with Gasteiger partial charge in [-0.2, -0.15) is 0 Å². The molecular weight excluding hydrogens is 267 g/mol. The van der Waals surface area contributed by atoms with Gasteiger partial charge >= 0.3 is 0 Å². The highest BCUT2D eigenvalue weighted by Gasteiger charge is 2.23. The maximum Gasteiger partial charge on any atom is 0.128 e.